The predicted octanol–water partition coefficient (Wildman–Crippen LogP) is 3.82. The van der Waals surface area contributed by atoms with E-state index < -0.39 is 23.4 Å². The van der Waals surface area contributed by atoms with Crippen LogP contribution >= 0.6 is 0 Å². The first kappa shape index (κ1) is 20.5. The van der Waals surface area contributed by atoms with E-state index in [-0.39, 0.29) is 17.3 Å². The third-order valence-electron chi connectivity index (χ3n) is 5.23. The fourth-order valence-electron chi connectivity index (χ4n) is 3.54. The molecule has 3 rings (SSSR count). The van der Waals surface area contributed by atoms with Crippen LogP contribution in [0.15, 0.2) is 36.4 Å². The van der Waals surface area contributed by atoms with E-state index in [4.69, 9.17) is 4.74 Å². The second-order valence-electron chi connectivity index (χ2n) is 7.36. The molecule has 0 heterocycles. The number of amides is 1. The summed E-state index contributed by atoms with van der Waals surface area (Å²) >= 11 is 0. The van der Waals surface area contributed by atoms with Gasteiger partial charge in [0.05, 0.1) is 16.5 Å². The van der Waals surface area contributed by atoms with E-state index in [1.807, 2.05) is 13.0 Å². The maximum Gasteiger partial charge on any atom is 0.338 e. The van der Waals surface area contributed by atoms with E-state index in [1.165, 1.54) is 36.1 Å². The highest BCUT2D eigenvalue weighted by atomic mass is 16.6. The Bertz CT molecular complexity index is 954. The van der Waals surface area contributed by atoms with Crippen LogP contribution < -0.4 is 5.32 Å². The Balaban J connectivity index is 1.56. The van der Waals surface area contributed by atoms with E-state index in [9.17, 15) is 19.7 Å². The fraction of sp³-hybridized carbons (Fsp3) is 0.364. The van der Waals surface area contributed by atoms with Crippen LogP contribution in [-0.2, 0) is 22.4 Å². The molecule has 0 fully saturated rings. The van der Waals surface area contributed by atoms with Gasteiger partial charge in [-0.1, -0.05) is 24.3 Å². The Morgan fingerprint density at radius 2 is 1.86 bits per heavy atom. The number of rotatable bonds is 6. The summed E-state index contributed by atoms with van der Waals surface area (Å²) in [4.78, 5) is 34.8. The summed E-state index contributed by atoms with van der Waals surface area (Å²) in [6.07, 6.45) is 4.56. The van der Waals surface area contributed by atoms with Gasteiger partial charge in [0.15, 0.2) is 6.61 Å². The minimum absolute atomic E-state index is 0.0397. The molecule has 0 aromatic heterocycles. The molecule has 7 nitrogen and oxygen atoms in total. The topological polar surface area (TPSA) is 98.5 Å². The molecule has 0 saturated carbocycles. The van der Waals surface area contributed by atoms with E-state index in [0.717, 1.165) is 24.5 Å². The van der Waals surface area contributed by atoms with Gasteiger partial charge in [-0.25, -0.2) is 4.79 Å². The summed E-state index contributed by atoms with van der Waals surface area (Å²) in [6, 6.07) is 10.1. The minimum Gasteiger partial charge on any atom is -0.452 e. The van der Waals surface area contributed by atoms with Crippen LogP contribution in [0.5, 0.6) is 0 Å². The zero-order valence-corrected chi connectivity index (χ0v) is 16.6. The summed E-state index contributed by atoms with van der Waals surface area (Å²) in [5, 5.41) is 13.8. The Morgan fingerprint density at radius 3 is 2.59 bits per heavy atom. The van der Waals surface area contributed by atoms with Gasteiger partial charge in [-0.2, -0.15) is 0 Å². The molecule has 0 bridgehead atoms. The molecule has 0 spiro atoms. The highest BCUT2D eigenvalue weighted by Gasteiger charge is 2.18. The van der Waals surface area contributed by atoms with Crippen molar-refractivity contribution < 1.29 is 19.2 Å². The normalized spacial score (nSPS) is 13.9. The number of fused-ring (bicyclic) bond motifs is 1. The highest BCUT2D eigenvalue weighted by Crippen LogP contribution is 2.25. The Labute approximate surface area is 169 Å². The van der Waals surface area contributed by atoms with Crippen LogP contribution in [0.2, 0.25) is 0 Å². The number of hydrogen-bond acceptors (Lipinski definition) is 5. The maximum absolute atomic E-state index is 12.2. The van der Waals surface area contributed by atoms with Gasteiger partial charge in [-0.05, 0) is 62.3 Å². The zero-order valence-electron chi connectivity index (χ0n) is 16.6. The van der Waals surface area contributed by atoms with Crippen molar-refractivity contribution in [1.29, 1.82) is 0 Å². The van der Waals surface area contributed by atoms with Gasteiger partial charge in [0, 0.05) is 11.6 Å². The monoisotopic (exact) mass is 396 g/mol. The van der Waals surface area contributed by atoms with Crippen LogP contribution in [0.3, 0.4) is 0 Å². The van der Waals surface area contributed by atoms with Crippen molar-refractivity contribution in [3.8, 4) is 0 Å². The van der Waals surface area contributed by atoms with Crippen LogP contribution in [0, 0.1) is 17.0 Å². The lowest BCUT2D eigenvalue weighted by Crippen LogP contribution is -2.31. The molecule has 2 aromatic rings. The van der Waals surface area contributed by atoms with Gasteiger partial charge >= 0.3 is 5.97 Å². The molecule has 1 atom stereocenters. The average molecular weight is 396 g/mol. The summed E-state index contributed by atoms with van der Waals surface area (Å²) in [7, 11) is 0. The van der Waals surface area contributed by atoms with Gasteiger partial charge in [0.25, 0.3) is 11.6 Å². The lowest BCUT2D eigenvalue weighted by molar-refractivity contribution is -0.385. The molecular weight excluding hydrogens is 372 g/mol. The highest BCUT2D eigenvalue weighted by molar-refractivity contribution is 5.92. The molecule has 0 unspecified atom stereocenters. The molecule has 0 saturated heterocycles. The van der Waals surface area contributed by atoms with Crippen LogP contribution in [-0.4, -0.2) is 23.4 Å². The molecule has 1 N–H and O–H groups in total. The summed E-state index contributed by atoms with van der Waals surface area (Å²) < 4.78 is 5.02. The number of esters is 1. The van der Waals surface area contributed by atoms with Crippen molar-refractivity contribution in [1.82, 2.24) is 5.32 Å². The molecule has 1 aliphatic carbocycles. The number of hydrogen-bond donors (Lipinski definition) is 1. The second kappa shape index (κ2) is 8.86. The second-order valence-corrected chi connectivity index (χ2v) is 7.36. The smallest absolute Gasteiger partial charge is 0.338 e. The van der Waals surface area contributed by atoms with Crippen LogP contribution in [0.1, 0.15) is 58.4 Å². The number of nitrogens with one attached hydrogen (secondary N) is 1. The summed E-state index contributed by atoms with van der Waals surface area (Å²) in [5.74, 6) is -1.20. The van der Waals surface area contributed by atoms with Crippen molar-refractivity contribution in [2.24, 2.45) is 0 Å². The van der Waals surface area contributed by atoms with Crippen molar-refractivity contribution >= 4 is 17.6 Å². The summed E-state index contributed by atoms with van der Waals surface area (Å²) in [6.45, 7) is 3.02. The van der Waals surface area contributed by atoms with E-state index in [2.05, 4.69) is 17.4 Å². The van der Waals surface area contributed by atoms with E-state index in [1.54, 1.807) is 6.92 Å². The number of carbonyl (C=O) groups is 2. The number of carbonyl (C=O) groups excluding carboxylic acids is 2. The largest absolute Gasteiger partial charge is 0.452 e. The standard InChI is InChI=1S/C22H24N2O5/c1-14-7-8-19(12-20(14)24(27)28)22(26)29-13-21(25)23-15(2)17-10-9-16-5-3-4-6-18(16)11-17/h7-12,15H,3-6,13H2,1-2H3,(H,23,25)/t15-/m1/s1. The first-order chi connectivity index (χ1) is 13.8. The first-order valence-corrected chi connectivity index (χ1v) is 9.68. The molecule has 7 heteroatoms. The number of nitrogens with zero attached hydrogens (tertiary/aromatic N) is 1. The lowest BCUT2D eigenvalue weighted by Gasteiger charge is -2.20. The molecule has 29 heavy (non-hydrogen) atoms. The fourth-order valence-corrected chi connectivity index (χ4v) is 3.54. The van der Waals surface area contributed by atoms with Crippen LogP contribution in [0.25, 0.3) is 0 Å². The van der Waals surface area contributed by atoms with Gasteiger partial charge < -0.3 is 10.1 Å². The molecule has 0 radical (unpaired) electrons. The van der Waals surface area contributed by atoms with Crippen molar-refractivity contribution in [3.05, 3.63) is 74.3 Å². The van der Waals surface area contributed by atoms with Gasteiger partial charge in [-0.15, -0.1) is 0 Å². The Kier molecular flexibility index (Phi) is 6.26. The third-order valence-corrected chi connectivity index (χ3v) is 5.23. The number of ether oxygens (including phenoxy) is 1. The van der Waals surface area contributed by atoms with E-state index >= 15 is 0 Å². The minimum atomic E-state index is -0.773. The SMILES string of the molecule is Cc1ccc(C(=O)OCC(=O)N[C@H](C)c2ccc3c(c2)CCCC3)cc1[N+](=O)[O-]. The maximum atomic E-state index is 12.2. The number of aryl methyl sites for hydroxylation is 3. The number of nitro benzene ring substituents is 1. The Hall–Kier alpha value is -3.22. The van der Waals surface area contributed by atoms with Gasteiger partial charge in [-0.3, -0.25) is 14.9 Å². The summed E-state index contributed by atoms with van der Waals surface area (Å²) in [5.41, 5.74) is 4.05. The Morgan fingerprint density at radius 1 is 1.14 bits per heavy atom. The number of benzene rings is 2. The molecule has 152 valence electrons. The third kappa shape index (κ3) is 4.99. The van der Waals surface area contributed by atoms with Crippen LogP contribution in [0.4, 0.5) is 5.69 Å². The molecule has 1 aliphatic rings. The molecule has 0 aliphatic heterocycles. The molecule has 1 amide bonds. The lowest BCUT2D eigenvalue weighted by atomic mass is 9.89. The first-order valence-electron chi connectivity index (χ1n) is 9.68. The number of nitro groups is 1. The van der Waals surface area contributed by atoms with Crippen molar-refractivity contribution in [2.45, 2.75) is 45.6 Å². The molecular formula is C22H24N2O5. The van der Waals surface area contributed by atoms with Gasteiger partial charge in [0.1, 0.15) is 0 Å². The molecule has 2 aromatic carbocycles. The van der Waals surface area contributed by atoms with E-state index in [0.29, 0.717) is 5.56 Å². The quantitative estimate of drug-likeness (QED) is 0.455. The average Bonchev–Trinajstić information content (AvgIpc) is 2.71. The van der Waals surface area contributed by atoms with Crippen molar-refractivity contribution in [3.63, 3.8) is 0 Å². The zero-order chi connectivity index (χ0) is 21.0. The van der Waals surface area contributed by atoms with Gasteiger partial charge in [0.2, 0.25) is 0 Å². The van der Waals surface area contributed by atoms with Crippen molar-refractivity contribution in [2.75, 3.05) is 6.61 Å². The predicted molar refractivity (Wildman–Crippen MR) is 108 cm³/mol.